The van der Waals surface area contributed by atoms with Gasteiger partial charge in [-0.15, -0.1) is 0 Å². The van der Waals surface area contributed by atoms with E-state index >= 15 is 0 Å². The number of carbonyl (C=O) groups is 2. The second kappa shape index (κ2) is 33.7. The van der Waals surface area contributed by atoms with Crippen LogP contribution in [0.4, 0.5) is 0 Å². The Kier molecular flexibility index (Phi) is 32.8. The molecule has 0 amide bonds. The molecule has 0 unspecified atom stereocenters. The third kappa shape index (κ3) is 35.6. The summed E-state index contributed by atoms with van der Waals surface area (Å²) in [5.74, 6) is -0.933. The lowest BCUT2D eigenvalue weighted by Crippen LogP contribution is -2.29. The Balaban J connectivity index is 3.97. The summed E-state index contributed by atoms with van der Waals surface area (Å²) >= 11 is 0. The first-order valence-corrected chi connectivity index (χ1v) is 20.5. The third-order valence-electron chi connectivity index (χ3n) is 8.30. The third-order valence-corrected chi connectivity index (χ3v) is 8.78. The molecule has 0 bridgehead atoms. The molecule has 0 saturated heterocycles. The normalized spacial score (nSPS) is 12.5. The fourth-order valence-corrected chi connectivity index (χ4v) is 5.81. The molecular weight excluding hydrogens is 603 g/mol. The lowest BCUT2D eigenvalue weighted by molar-refractivity contribution is -0.161. The lowest BCUT2D eigenvalue weighted by atomic mass is 10.0. The number of rotatable bonds is 35. The van der Waals surface area contributed by atoms with Crippen LogP contribution in [0.5, 0.6) is 0 Å². The first-order valence-electron chi connectivity index (χ1n) is 19.0. The molecule has 0 aromatic carbocycles. The fraction of sp³-hybridized carbons (Fsp3) is 0.892. The Bertz CT molecular complexity index is 766. The van der Waals surface area contributed by atoms with Gasteiger partial charge in [0, 0.05) is 12.8 Å². The Morgan fingerprint density at radius 3 is 1.41 bits per heavy atom. The van der Waals surface area contributed by atoms with E-state index in [0.717, 1.165) is 32.1 Å². The molecule has 0 rings (SSSR count). The van der Waals surface area contributed by atoms with E-state index in [1.807, 2.05) is 6.08 Å². The first kappa shape index (κ1) is 44.8. The maximum atomic E-state index is 12.3. The van der Waals surface area contributed by atoms with Gasteiger partial charge in [-0.2, -0.15) is 0 Å². The minimum atomic E-state index is -4.75. The van der Waals surface area contributed by atoms with Crippen molar-refractivity contribution in [3.63, 3.8) is 0 Å². The van der Waals surface area contributed by atoms with Crippen molar-refractivity contribution in [2.24, 2.45) is 0 Å². The number of esters is 2. The monoisotopic (exact) mass is 674 g/mol. The number of carbonyl (C=O) groups excluding carboxylic acids is 2. The van der Waals surface area contributed by atoms with Crippen LogP contribution in [0.25, 0.3) is 0 Å². The van der Waals surface area contributed by atoms with E-state index < -0.39 is 32.5 Å². The smallest absolute Gasteiger partial charge is 0.462 e. The summed E-state index contributed by atoms with van der Waals surface area (Å²) in [6.45, 7) is 3.65. The van der Waals surface area contributed by atoms with E-state index in [4.69, 9.17) is 19.3 Å². The zero-order valence-corrected chi connectivity index (χ0v) is 30.6. The molecule has 0 saturated carbocycles. The lowest BCUT2D eigenvalue weighted by Gasteiger charge is -2.18. The van der Waals surface area contributed by atoms with Gasteiger partial charge in [0.1, 0.15) is 6.61 Å². The van der Waals surface area contributed by atoms with E-state index in [1.165, 1.54) is 122 Å². The number of phosphoric ester groups is 1. The topological polar surface area (TPSA) is 119 Å². The molecule has 0 aromatic heterocycles. The summed E-state index contributed by atoms with van der Waals surface area (Å²) in [4.78, 5) is 42.6. The summed E-state index contributed by atoms with van der Waals surface area (Å²) in [6.07, 6.45) is 35.1. The molecular formula is C37H71O8P. The molecule has 9 heteroatoms. The van der Waals surface area contributed by atoms with Gasteiger partial charge in [-0.3, -0.25) is 14.1 Å². The van der Waals surface area contributed by atoms with E-state index in [2.05, 4.69) is 24.4 Å². The molecule has 272 valence electrons. The van der Waals surface area contributed by atoms with Crippen LogP contribution in [-0.4, -0.2) is 41.0 Å². The highest BCUT2D eigenvalue weighted by Crippen LogP contribution is 2.36. The van der Waals surface area contributed by atoms with Crippen LogP contribution in [0, 0.1) is 0 Å². The highest BCUT2D eigenvalue weighted by Gasteiger charge is 2.22. The Labute approximate surface area is 282 Å². The van der Waals surface area contributed by atoms with Crippen molar-refractivity contribution in [3.05, 3.63) is 12.2 Å². The Morgan fingerprint density at radius 1 is 0.543 bits per heavy atom. The summed E-state index contributed by atoms with van der Waals surface area (Å²) in [7, 11) is -4.75. The summed E-state index contributed by atoms with van der Waals surface area (Å²) in [6, 6.07) is 0. The van der Waals surface area contributed by atoms with Crippen molar-refractivity contribution in [3.8, 4) is 0 Å². The van der Waals surface area contributed by atoms with Crippen molar-refractivity contribution in [2.45, 2.75) is 200 Å². The minimum absolute atomic E-state index is 0.188. The van der Waals surface area contributed by atoms with E-state index in [1.54, 1.807) is 0 Å². The van der Waals surface area contributed by atoms with E-state index in [-0.39, 0.29) is 19.4 Å². The average molecular weight is 675 g/mol. The largest absolute Gasteiger partial charge is 0.469 e. The summed E-state index contributed by atoms with van der Waals surface area (Å²) < 4.78 is 26.2. The molecule has 8 nitrogen and oxygen atoms in total. The Hall–Kier alpha value is -1.21. The SMILES string of the molecule is CCCCCCCCCCCCC/C=C/CCC(=O)OC[C@H](COP(=O)(O)O)OC(=O)CCCCCCCCCCCCCCC. The molecule has 0 spiro atoms. The predicted molar refractivity (Wildman–Crippen MR) is 189 cm³/mol. The summed E-state index contributed by atoms with van der Waals surface area (Å²) in [5.41, 5.74) is 0. The van der Waals surface area contributed by atoms with Gasteiger partial charge in [0.05, 0.1) is 6.61 Å². The number of hydrogen-bond acceptors (Lipinski definition) is 6. The number of phosphoric acid groups is 1. The molecule has 0 fully saturated rings. The number of ether oxygens (including phenoxy) is 2. The van der Waals surface area contributed by atoms with Gasteiger partial charge < -0.3 is 19.3 Å². The molecule has 0 aliphatic rings. The molecule has 0 aliphatic heterocycles. The van der Waals surface area contributed by atoms with E-state index in [0.29, 0.717) is 12.8 Å². The van der Waals surface area contributed by atoms with Crippen molar-refractivity contribution in [1.82, 2.24) is 0 Å². The molecule has 46 heavy (non-hydrogen) atoms. The Morgan fingerprint density at radius 2 is 0.957 bits per heavy atom. The first-order chi connectivity index (χ1) is 22.3. The number of unbranched alkanes of at least 4 members (excludes halogenated alkanes) is 23. The molecule has 0 heterocycles. The van der Waals surface area contributed by atoms with Crippen molar-refractivity contribution >= 4 is 19.8 Å². The highest BCUT2D eigenvalue weighted by molar-refractivity contribution is 7.46. The van der Waals surface area contributed by atoms with Gasteiger partial charge in [-0.05, 0) is 25.7 Å². The maximum absolute atomic E-state index is 12.3. The van der Waals surface area contributed by atoms with Crippen LogP contribution < -0.4 is 0 Å². The van der Waals surface area contributed by atoms with Gasteiger partial charge in [-0.25, -0.2) is 4.57 Å². The van der Waals surface area contributed by atoms with Crippen LogP contribution in [0.2, 0.25) is 0 Å². The number of hydrogen-bond donors (Lipinski definition) is 2. The molecule has 0 aromatic rings. The van der Waals surface area contributed by atoms with Crippen LogP contribution in [0.15, 0.2) is 12.2 Å². The van der Waals surface area contributed by atoms with Crippen LogP contribution in [0.3, 0.4) is 0 Å². The van der Waals surface area contributed by atoms with Crippen LogP contribution in [0.1, 0.15) is 194 Å². The van der Waals surface area contributed by atoms with Crippen LogP contribution >= 0.6 is 7.82 Å². The maximum Gasteiger partial charge on any atom is 0.469 e. The van der Waals surface area contributed by atoms with Crippen LogP contribution in [-0.2, 0) is 28.2 Å². The zero-order valence-electron chi connectivity index (χ0n) is 29.7. The van der Waals surface area contributed by atoms with Gasteiger partial charge in [0.15, 0.2) is 6.10 Å². The second-order valence-electron chi connectivity index (χ2n) is 12.9. The molecule has 0 radical (unpaired) electrons. The minimum Gasteiger partial charge on any atom is -0.462 e. The average Bonchev–Trinajstić information content (AvgIpc) is 3.02. The van der Waals surface area contributed by atoms with Gasteiger partial charge in [0.25, 0.3) is 0 Å². The molecule has 1 atom stereocenters. The van der Waals surface area contributed by atoms with Crippen molar-refractivity contribution < 1.29 is 37.9 Å². The number of allylic oxidation sites excluding steroid dienone is 2. The van der Waals surface area contributed by atoms with Crippen molar-refractivity contribution in [2.75, 3.05) is 13.2 Å². The highest BCUT2D eigenvalue weighted by atomic mass is 31.2. The van der Waals surface area contributed by atoms with Crippen molar-refractivity contribution in [1.29, 1.82) is 0 Å². The van der Waals surface area contributed by atoms with E-state index in [9.17, 15) is 14.2 Å². The summed E-state index contributed by atoms with van der Waals surface area (Å²) in [5, 5.41) is 0. The predicted octanol–water partition coefficient (Wildman–Crippen LogP) is 11.1. The molecule has 2 N–H and O–H groups in total. The van der Waals surface area contributed by atoms with Gasteiger partial charge in [-0.1, -0.05) is 167 Å². The standard InChI is InChI=1S/C37H71O8P/c1-3-5-7-9-11-13-15-17-18-20-21-23-25-27-29-31-36(38)43-33-35(34-44-46(40,41)42)45-37(39)32-30-28-26-24-22-19-16-14-12-10-8-6-4-2/h25,27,35H,3-24,26,28-34H2,1-2H3,(H2,40,41,42)/b27-25+/t35-/m1/s1. The second-order valence-corrected chi connectivity index (χ2v) is 14.1. The van der Waals surface area contributed by atoms with Gasteiger partial charge >= 0.3 is 19.8 Å². The zero-order chi connectivity index (χ0) is 34.0. The van der Waals surface area contributed by atoms with Gasteiger partial charge in [0.2, 0.25) is 0 Å². The quantitative estimate of drug-likeness (QED) is 0.0295. The fourth-order valence-electron chi connectivity index (χ4n) is 5.45. The molecule has 0 aliphatic carbocycles.